The van der Waals surface area contributed by atoms with Gasteiger partial charge in [-0.15, -0.1) is 5.10 Å². The monoisotopic (exact) mass is 280 g/mol. The van der Waals surface area contributed by atoms with Crippen molar-refractivity contribution in [1.82, 2.24) is 15.2 Å². The molecule has 7 heteroatoms. The second-order valence-corrected chi connectivity index (χ2v) is 4.17. The largest absolute Gasteiger partial charge is 0.495 e. The maximum Gasteiger partial charge on any atom is 0.295 e. The Morgan fingerprint density at radius 3 is 2.89 bits per heavy atom. The molecule has 1 aromatic carbocycles. The van der Waals surface area contributed by atoms with Crippen LogP contribution in [0.5, 0.6) is 5.75 Å². The first-order chi connectivity index (χ1) is 9.13. The zero-order valence-corrected chi connectivity index (χ0v) is 11.3. The summed E-state index contributed by atoms with van der Waals surface area (Å²) in [4.78, 5) is 15.9. The first-order valence-electron chi connectivity index (χ1n) is 5.70. The van der Waals surface area contributed by atoms with E-state index in [1.54, 1.807) is 18.2 Å². The lowest BCUT2D eigenvalue weighted by Crippen LogP contribution is -2.13. The molecule has 1 heterocycles. The SMILES string of the molecule is CCc1nc(C(=O)Nc2ccc(OC)c(Cl)c2)n[nH]1. The van der Waals surface area contributed by atoms with Crippen LogP contribution in [0.1, 0.15) is 23.4 Å². The maximum absolute atomic E-state index is 11.9. The van der Waals surface area contributed by atoms with E-state index in [0.717, 1.165) is 0 Å². The second kappa shape index (κ2) is 5.71. The molecule has 0 radical (unpaired) electrons. The zero-order chi connectivity index (χ0) is 13.8. The van der Waals surface area contributed by atoms with Crippen molar-refractivity contribution < 1.29 is 9.53 Å². The third-order valence-corrected chi connectivity index (χ3v) is 2.77. The number of amides is 1. The third kappa shape index (κ3) is 3.03. The molecule has 100 valence electrons. The van der Waals surface area contributed by atoms with Gasteiger partial charge in [0.25, 0.3) is 5.91 Å². The summed E-state index contributed by atoms with van der Waals surface area (Å²) < 4.78 is 5.03. The van der Waals surface area contributed by atoms with Crippen molar-refractivity contribution in [1.29, 1.82) is 0 Å². The minimum atomic E-state index is -0.391. The molecule has 0 atom stereocenters. The van der Waals surface area contributed by atoms with Crippen LogP contribution in [0.4, 0.5) is 5.69 Å². The van der Waals surface area contributed by atoms with E-state index in [-0.39, 0.29) is 5.82 Å². The standard InChI is InChI=1S/C12H13ClN4O2/c1-3-10-15-11(17-16-10)12(18)14-7-4-5-9(19-2)8(13)6-7/h4-6H,3H2,1-2H3,(H,14,18)(H,15,16,17). The van der Waals surface area contributed by atoms with Crippen LogP contribution < -0.4 is 10.1 Å². The van der Waals surface area contributed by atoms with Crippen molar-refractivity contribution in [2.24, 2.45) is 0 Å². The number of carbonyl (C=O) groups excluding carboxylic acids is 1. The van der Waals surface area contributed by atoms with E-state index in [9.17, 15) is 4.79 Å². The lowest BCUT2D eigenvalue weighted by Gasteiger charge is -2.06. The van der Waals surface area contributed by atoms with Crippen molar-refractivity contribution in [2.75, 3.05) is 12.4 Å². The maximum atomic E-state index is 11.9. The Bertz CT molecular complexity index is 597. The van der Waals surface area contributed by atoms with Gasteiger partial charge >= 0.3 is 0 Å². The summed E-state index contributed by atoms with van der Waals surface area (Å²) in [5.41, 5.74) is 0.554. The Kier molecular flexibility index (Phi) is 4.01. The normalized spacial score (nSPS) is 10.3. The van der Waals surface area contributed by atoms with Crippen molar-refractivity contribution in [3.63, 3.8) is 0 Å². The fourth-order valence-corrected chi connectivity index (χ4v) is 1.74. The van der Waals surface area contributed by atoms with Gasteiger partial charge in [0.05, 0.1) is 12.1 Å². The van der Waals surface area contributed by atoms with Crippen LogP contribution in [0, 0.1) is 0 Å². The van der Waals surface area contributed by atoms with E-state index in [2.05, 4.69) is 20.5 Å². The summed E-state index contributed by atoms with van der Waals surface area (Å²) in [6, 6.07) is 4.97. The van der Waals surface area contributed by atoms with Crippen molar-refractivity contribution in [2.45, 2.75) is 13.3 Å². The van der Waals surface area contributed by atoms with Crippen LogP contribution in [0.2, 0.25) is 5.02 Å². The highest BCUT2D eigenvalue weighted by molar-refractivity contribution is 6.32. The molecule has 2 rings (SSSR count). The molecule has 0 aliphatic heterocycles. The number of aromatic nitrogens is 3. The summed E-state index contributed by atoms with van der Waals surface area (Å²) in [6.45, 7) is 1.92. The molecule has 6 nitrogen and oxygen atoms in total. The Morgan fingerprint density at radius 2 is 2.32 bits per heavy atom. The van der Waals surface area contributed by atoms with Gasteiger partial charge in [0, 0.05) is 12.1 Å². The summed E-state index contributed by atoms with van der Waals surface area (Å²) >= 11 is 5.97. The fourth-order valence-electron chi connectivity index (χ4n) is 1.49. The minimum absolute atomic E-state index is 0.101. The molecule has 0 aliphatic rings. The average Bonchev–Trinajstić information content (AvgIpc) is 2.88. The van der Waals surface area contributed by atoms with Crippen LogP contribution in [0.25, 0.3) is 0 Å². The number of hydrogen-bond donors (Lipinski definition) is 2. The average molecular weight is 281 g/mol. The third-order valence-electron chi connectivity index (χ3n) is 2.48. The molecule has 0 spiro atoms. The molecule has 19 heavy (non-hydrogen) atoms. The zero-order valence-electron chi connectivity index (χ0n) is 10.5. The van der Waals surface area contributed by atoms with Gasteiger partial charge in [-0.1, -0.05) is 18.5 Å². The number of H-pyrrole nitrogens is 1. The smallest absolute Gasteiger partial charge is 0.295 e. The number of hydrogen-bond acceptors (Lipinski definition) is 4. The van der Waals surface area contributed by atoms with Gasteiger partial charge in [-0.3, -0.25) is 9.89 Å². The number of halogens is 1. The van der Waals surface area contributed by atoms with Crippen molar-refractivity contribution >= 4 is 23.2 Å². The van der Waals surface area contributed by atoms with E-state index in [1.807, 2.05) is 6.92 Å². The molecule has 2 aromatic rings. The second-order valence-electron chi connectivity index (χ2n) is 3.76. The molecule has 0 saturated carbocycles. The Hall–Kier alpha value is -2.08. The number of ether oxygens (including phenoxy) is 1. The highest BCUT2D eigenvalue weighted by atomic mass is 35.5. The van der Waals surface area contributed by atoms with E-state index in [0.29, 0.717) is 28.7 Å². The van der Waals surface area contributed by atoms with Crippen LogP contribution in [0.3, 0.4) is 0 Å². The summed E-state index contributed by atoms with van der Waals surface area (Å²) in [5, 5.41) is 9.60. The van der Waals surface area contributed by atoms with Crippen LogP contribution in [-0.2, 0) is 6.42 Å². The van der Waals surface area contributed by atoms with E-state index in [4.69, 9.17) is 16.3 Å². The molecule has 0 saturated heterocycles. The number of nitrogens with zero attached hydrogens (tertiary/aromatic N) is 2. The molecule has 0 bridgehead atoms. The molecular formula is C12H13ClN4O2. The molecule has 0 aliphatic carbocycles. The van der Waals surface area contributed by atoms with Crippen LogP contribution in [0.15, 0.2) is 18.2 Å². The lowest BCUT2D eigenvalue weighted by molar-refractivity contribution is 0.101. The Morgan fingerprint density at radius 1 is 1.53 bits per heavy atom. The molecule has 2 N–H and O–H groups in total. The number of rotatable bonds is 4. The first kappa shape index (κ1) is 13.4. The van der Waals surface area contributed by atoms with Crippen LogP contribution in [-0.4, -0.2) is 28.2 Å². The molecular weight excluding hydrogens is 268 g/mol. The molecule has 0 unspecified atom stereocenters. The number of benzene rings is 1. The summed E-state index contributed by atoms with van der Waals surface area (Å²) in [5.74, 6) is 0.921. The van der Waals surface area contributed by atoms with Gasteiger partial charge in [0.1, 0.15) is 11.6 Å². The van der Waals surface area contributed by atoms with Gasteiger partial charge < -0.3 is 10.1 Å². The number of aryl methyl sites for hydroxylation is 1. The van der Waals surface area contributed by atoms with Crippen LogP contribution >= 0.6 is 11.6 Å². The van der Waals surface area contributed by atoms with E-state index >= 15 is 0 Å². The highest BCUT2D eigenvalue weighted by Crippen LogP contribution is 2.27. The molecule has 1 aromatic heterocycles. The van der Waals surface area contributed by atoms with Gasteiger partial charge in [0.2, 0.25) is 5.82 Å². The quantitative estimate of drug-likeness (QED) is 0.900. The Labute approximate surface area is 115 Å². The van der Waals surface area contributed by atoms with Gasteiger partial charge in [-0.05, 0) is 18.2 Å². The fraction of sp³-hybridized carbons (Fsp3) is 0.250. The van der Waals surface area contributed by atoms with Gasteiger partial charge in [0.15, 0.2) is 0 Å². The van der Waals surface area contributed by atoms with E-state index < -0.39 is 5.91 Å². The number of methoxy groups -OCH3 is 1. The van der Waals surface area contributed by atoms with Crippen molar-refractivity contribution in [3.05, 3.63) is 34.9 Å². The number of aromatic amines is 1. The number of nitrogens with one attached hydrogen (secondary N) is 2. The summed E-state index contributed by atoms with van der Waals surface area (Å²) in [7, 11) is 1.53. The van der Waals surface area contributed by atoms with Gasteiger partial charge in [-0.25, -0.2) is 4.98 Å². The lowest BCUT2D eigenvalue weighted by atomic mass is 10.3. The predicted molar refractivity (Wildman–Crippen MR) is 71.7 cm³/mol. The van der Waals surface area contributed by atoms with E-state index in [1.165, 1.54) is 7.11 Å². The molecule has 1 amide bonds. The topological polar surface area (TPSA) is 79.9 Å². The Balaban J connectivity index is 2.12. The summed E-state index contributed by atoms with van der Waals surface area (Å²) in [6.07, 6.45) is 0.689. The highest BCUT2D eigenvalue weighted by Gasteiger charge is 2.12. The number of carbonyl (C=O) groups is 1. The first-order valence-corrected chi connectivity index (χ1v) is 6.08. The predicted octanol–water partition coefficient (Wildman–Crippen LogP) is 2.28. The molecule has 0 fully saturated rings. The van der Waals surface area contributed by atoms with Crippen molar-refractivity contribution in [3.8, 4) is 5.75 Å². The minimum Gasteiger partial charge on any atom is -0.495 e. The van der Waals surface area contributed by atoms with Gasteiger partial charge in [-0.2, -0.15) is 0 Å². The number of anilines is 1.